The topological polar surface area (TPSA) is 143 Å². The Hall–Kier alpha value is -5.30. The standard InChI is InChI=1S/C20F6N6/c21-15-10(5-31)13(16(22)9(4-30)12(15)7(1-27)2-28)8(3-29)14-19(25)17(23)11(6-32)18(24)20(14)26/b13-8-. The molecule has 0 aromatic heterocycles. The second-order valence-electron chi connectivity index (χ2n) is 5.55. The molecule has 0 atom stereocenters. The highest BCUT2D eigenvalue weighted by Gasteiger charge is 2.30. The Morgan fingerprint density at radius 2 is 0.875 bits per heavy atom. The first kappa shape index (κ1) is 23.0. The summed E-state index contributed by atoms with van der Waals surface area (Å²) in [6.07, 6.45) is 0. The van der Waals surface area contributed by atoms with E-state index >= 15 is 4.39 Å². The number of benzene rings is 2. The van der Waals surface area contributed by atoms with Gasteiger partial charge in [0.05, 0.1) is 21.6 Å². The van der Waals surface area contributed by atoms with Gasteiger partial charge in [0, 0.05) is 0 Å². The Morgan fingerprint density at radius 1 is 0.469 bits per heavy atom. The van der Waals surface area contributed by atoms with Crippen LogP contribution in [0.5, 0.6) is 0 Å². The fourth-order valence-corrected chi connectivity index (χ4v) is 2.69. The summed E-state index contributed by atoms with van der Waals surface area (Å²) in [6.45, 7) is 0. The summed E-state index contributed by atoms with van der Waals surface area (Å²) in [5.74, 6) is -13.0. The van der Waals surface area contributed by atoms with E-state index in [-0.39, 0.29) is 0 Å². The number of hydrogen-bond donors (Lipinski definition) is 0. The smallest absolute Gasteiger partial charge is 0.180 e. The van der Waals surface area contributed by atoms with Crippen molar-refractivity contribution in [3.63, 3.8) is 0 Å². The minimum absolute atomic E-state index is 0.848. The molecule has 0 N–H and O–H groups in total. The van der Waals surface area contributed by atoms with Crippen LogP contribution in [0.1, 0.15) is 22.3 Å². The van der Waals surface area contributed by atoms with Crippen LogP contribution in [0.2, 0.25) is 0 Å². The van der Waals surface area contributed by atoms with Gasteiger partial charge in [-0.15, -0.1) is 0 Å². The molecule has 0 spiro atoms. The summed E-state index contributed by atoms with van der Waals surface area (Å²) in [4.78, 5) is 0. The van der Waals surface area contributed by atoms with Crippen LogP contribution >= 0.6 is 0 Å². The molecule has 0 saturated carbocycles. The van der Waals surface area contributed by atoms with Gasteiger partial charge in [0.1, 0.15) is 58.7 Å². The third kappa shape index (κ3) is 3.12. The van der Waals surface area contributed by atoms with E-state index in [1.165, 1.54) is 12.1 Å². The molecule has 0 saturated heterocycles. The molecule has 0 unspecified atom stereocenters. The Bertz CT molecular complexity index is 1550. The second-order valence-corrected chi connectivity index (χ2v) is 5.55. The van der Waals surface area contributed by atoms with Crippen LogP contribution in [0, 0.1) is 103 Å². The van der Waals surface area contributed by atoms with Crippen molar-refractivity contribution in [1.29, 1.82) is 31.6 Å². The molecular weight excluding hydrogens is 438 g/mol. The molecule has 0 radical (unpaired) electrons. The lowest BCUT2D eigenvalue weighted by molar-refractivity contribution is 0.446. The van der Waals surface area contributed by atoms with E-state index in [0.717, 1.165) is 24.3 Å². The normalized spacial score (nSPS) is 10.5. The molecule has 152 valence electrons. The van der Waals surface area contributed by atoms with Crippen molar-refractivity contribution in [2.24, 2.45) is 0 Å². The van der Waals surface area contributed by atoms with E-state index < -0.39 is 78.7 Å². The lowest BCUT2D eigenvalue weighted by Crippen LogP contribution is -2.31. The average molecular weight is 438 g/mol. The average Bonchev–Trinajstić information content (AvgIpc) is 2.78. The van der Waals surface area contributed by atoms with E-state index in [9.17, 15) is 37.7 Å². The van der Waals surface area contributed by atoms with Crippen molar-refractivity contribution in [2.75, 3.05) is 0 Å². The molecule has 0 aliphatic carbocycles. The van der Waals surface area contributed by atoms with Gasteiger partial charge < -0.3 is 0 Å². The molecule has 2 aromatic rings. The zero-order valence-corrected chi connectivity index (χ0v) is 15.0. The second kappa shape index (κ2) is 8.60. The SMILES string of the molecule is N#CC(C#N)=c1c(F)c(C#N)/c(=C(\C#N)c2c(F)c(F)c(C#N)c(F)c2F)c(F)c1C#N. The minimum atomic E-state index is -2.33. The van der Waals surface area contributed by atoms with Gasteiger partial charge in [0.15, 0.2) is 34.9 Å². The molecule has 0 fully saturated rings. The summed E-state index contributed by atoms with van der Waals surface area (Å²) in [5, 5.41) is 51.4. The zero-order valence-electron chi connectivity index (χ0n) is 15.0. The predicted octanol–water partition coefficient (Wildman–Crippen LogP) is 2.06. The van der Waals surface area contributed by atoms with Crippen LogP contribution < -0.4 is 10.4 Å². The van der Waals surface area contributed by atoms with E-state index in [2.05, 4.69) is 0 Å². The van der Waals surface area contributed by atoms with Gasteiger partial charge in [-0.05, 0) is 0 Å². The predicted molar refractivity (Wildman–Crippen MR) is 88.8 cm³/mol. The summed E-state index contributed by atoms with van der Waals surface area (Å²) in [6, 6.07) is 6.34. The van der Waals surface area contributed by atoms with Crippen molar-refractivity contribution in [3.8, 4) is 36.4 Å². The molecule has 2 aromatic carbocycles. The highest BCUT2D eigenvalue weighted by atomic mass is 19.2. The summed E-state index contributed by atoms with van der Waals surface area (Å²) in [7, 11) is 0. The summed E-state index contributed by atoms with van der Waals surface area (Å²) in [5.41, 5.74) is -9.24. The van der Waals surface area contributed by atoms with E-state index in [1.54, 1.807) is 0 Å². The Balaban J connectivity index is 3.46. The van der Waals surface area contributed by atoms with Gasteiger partial charge in [0.25, 0.3) is 0 Å². The van der Waals surface area contributed by atoms with Crippen LogP contribution in [0.15, 0.2) is 0 Å². The molecule has 0 aliphatic rings. The fourth-order valence-electron chi connectivity index (χ4n) is 2.69. The van der Waals surface area contributed by atoms with Crippen LogP contribution in [0.25, 0.3) is 11.1 Å². The monoisotopic (exact) mass is 438 g/mol. The number of rotatable bonds is 1. The van der Waals surface area contributed by atoms with Gasteiger partial charge in [-0.2, -0.15) is 31.6 Å². The first-order chi connectivity index (χ1) is 15.2. The first-order valence-corrected chi connectivity index (χ1v) is 7.73. The molecule has 0 amide bonds. The Labute approximate surface area is 173 Å². The van der Waals surface area contributed by atoms with Crippen LogP contribution in [-0.4, -0.2) is 0 Å². The number of hydrogen-bond acceptors (Lipinski definition) is 6. The quantitative estimate of drug-likeness (QED) is 0.493. The highest BCUT2D eigenvalue weighted by Crippen LogP contribution is 2.28. The van der Waals surface area contributed by atoms with E-state index in [4.69, 9.17) is 15.8 Å². The fraction of sp³-hybridized carbons (Fsp3) is 0. The molecule has 32 heavy (non-hydrogen) atoms. The highest BCUT2D eigenvalue weighted by molar-refractivity contribution is 5.80. The molecule has 0 heterocycles. The molecule has 12 heteroatoms. The lowest BCUT2D eigenvalue weighted by atomic mass is 9.94. The third-order valence-corrected chi connectivity index (χ3v) is 4.06. The van der Waals surface area contributed by atoms with Gasteiger partial charge in [-0.25, -0.2) is 26.3 Å². The molecule has 0 aliphatic heterocycles. The van der Waals surface area contributed by atoms with Crippen molar-refractivity contribution in [2.45, 2.75) is 0 Å². The molecule has 2 rings (SSSR count). The van der Waals surface area contributed by atoms with Crippen molar-refractivity contribution in [1.82, 2.24) is 0 Å². The van der Waals surface area contributed by atoms with Crippen LogP contribution in [0.4, 0.5) is 26.3 Å². The minimum Gasteiger partial charge on any atom is -0.205 e. The maximum Gasteiger partial charge on any atom is 0.180 e. The largest absolute Gasteiger partial charge is 0.205 e. The molecule has 0 bridgehead atoms. The van der Waals surface area contributed by atoms with Gasteiger partial charge in [0.2, 0.25) is 0 Å². The van der Waals surface area contributed by atoms with Gasteiger partial charge >= 0.3 is 0 Å². The summed E-state index contributed by atoms with van der Waals surface area (Å²) >= 11 is 0. The first-order valence-electron chi connectivity index (χ1n) is 7.73. The maximum atomic E-state index is 15.1. The van der Waals surface area contributed by atoms with Crippen molar-refractivity contribution in [3.05, 3.63) is 67.6 Å². The Morgan fingerprint density at radius 3 is 1.25 bits per heavy atom. The Kier molecular flexibility index (Phi) is 6.18. The number of nitrogens with zero attached hydrogens (tertiary/aromatic N) is 6. The van der Waals surface area contributed by atoms with Gasteiger partial charge in [-0.1, -0.05) is 0 Å². The third-order valence-electron chi connectivity index (χ3n) is 4.06. The number of nitriles is 6. The zero-order chi connectivity index (χ0) is 24.3. The number of halogens is 6. The maximum absolute atomic E-state index is 15.1. The van der Waals surface area contributed by atoms with E-state index in [1.807, 2.05) is 0 Å². The summed E-state index contributed by atoms with van der Waals surface area (Å²) < 4.78 is 86.8. The van der Waals surface area contributed by atoms with Crippen LogP contribution in [0.3, 0.4) is 0 Å². The molecular formula is C20F6N6. The van der Waals surface area contributed by atoms with E-state index in [0.29, 0.717) is 0 Å². The van der Waals surface area contributed by atoms with Crippen molar-refractivity contribution >= 4 is 11.1 Å². The van der Waals surface area contributed by atoms with Crippen LogP contribution in [-0.2, 0) is 0 Å². The van der Waals surface area contributed by atoms with Crippen molar-refractivity contribution < 1.29 is 26.3 Å². The molecule has 6 nitrogen and oxygen atoms in total. The lowest BCUT2D eigenvalue weighted by Gasteiger charge is -2.10. The van der Waals surface area contributed by atoms with Gasteiger partial charge in [-0.3, -0.25) is 0 Å².